The molecule has 0 radical (unpaired) electrons. The fraction of sp³-hybridized carbons (Fsp3) is 0.588. The van der Waals surface area contributed by atoms with Crippen molar-refractivity contribution in [1.29, 1.82) is 0 Å². The molecule has 3 rings (SSSR count). The lowest BCUT2D eigenvalue weighted by molar-refractivity contribution is 0.423. The van der Waals surface area contributed by atoms with Gasteiger partial charge in [-0.3, -0.25) is 0 Å². The normalized spacial score (nSPS) is 16.9. The molecule has 1 heterocycles. The van der Waals surface area contributed by atoms with Gasteiger partial charge in [0.1, 0.15) is 5.82 Å². The third-order valence-electron chi connectivity index (χ3n) is 4.53. The van der Waals surface area contributed by atoms with Crippen molar-refractivity contribution in [3.8, 4) is 0 Å². The number of nitrogens with one attached hydrogen (secondary N) is 1. The van der Waals surface area contributed by atoms with Crippen molar-refractivity contribution < 1.29 is 0 Å². The number of benzene rings is 1. The number of imidazole rings is 1. The highest BCUT2D eigenvalue weighted by molar-refractivity contribution is 5.77. The number of hydrogen-bond donors (Lipinski definition) is 1. The molecule has 1 saturated carbocycles. The molecule has 1 aromatic carbocycles. The molecule has 3 heteroatoms. The van der Waals surface area contributed by atoms with Crippen LogP contribution in [0.3, 0.4) is 0 Å². The van der Waals surface area contributed by atoms with Gasteiger partial charge in [-0.2, -0.15) is 0 Å². The van der Waals surface area contributed by atoms with Crippen LogP contribution < -0.4 is 5.32 Å². The summed E-state index contributed by atoms with van der Waals surface area (Å²) < 4.78 is 2.31. The van der Waals surface area contributed by atoms with E-state index in [2.05, 4.69) is 42.1 Å². The van der Waals surface area contributed by atoms with Crippen molar-refractivity contribution in [3.05, 3.63) is 29.6 Å². The van der Waals surface area contributed by atoms with Crippen molar-refractivity contribution in [3.63, 3.8) is 0 Å². The first-order valence-corrected chi connectivity index (χ1v) is 7.95. The van der Waals surface area contributed by atoms with Crippen molar-refractivity contribution in [2.75, 3.05) is 6.54 Å². The second kappa shape index (κ2) is 5.96. The average molecular weight is 271 g/mol. The number of fused-ring (bicyclic) bond motifs is 1. The summed E-state index contributed by atoms with van der Waals surface area (Å²) in [6.07, 6.45) is 6.73. The lowest BCUT2D eigenvalue weighted by atomic mass is 9.89. The zero-order chi connectivity index (χ0) is 13.9. The Morgan fingerprint density at radius 1 is 1.25 bits per heavy atom. The van der Waals surface area contributed by atoms with Crippen LogP contribution in [-0.2, 0) is 13.6 Å². The number of nitrogens with zero attached hydrogens (tertiary/aromatic N) is 2. The zero-order valence-corrected chi connectivity index (χ0v) is 12.7. The van der Waals surface area contributed by atoms with Gasteiger partial charge in [-0.25, -0.2) is 4.98 Å². The molecule has 1 fully saturated rings. The second-order valence-electron chi connectivity index (χ2n) is 5.97. The van der Waals surface area contributed by atoms with Gasteiger partial charge in [0.05, 0.1) is 11.0 Å². The van der Waals surface area contributed by atoms with Crippen molar-refractivity contribution >= 4 is 11.0 Å². The topological polar surface area (TPSA) is 29.9 Å². The maximum atomic E-state index is 4.94. The molecule has 108 valence electrons. The van der Waals surface area contributed by atoms with E-state index in [1.165, 1.54) is 49.0 Å². The lowest BCUT2D eigenvalue weighted by Gasteiger charge is -2.20. The Kier molecular flexibility index (Phi) is 4.06. The van der Waals surface area contributed by atoms with E-state index in [9.17, 15) is 0 Å². The second-order valence-corrected chi connectivity index (χ2v) is 5.97. The Bertz CT molecular complexity index is 579. The van der Waals surface area contributed by atoms with E-state index >= 15 is 0 Å². The van der Waals surface area contributed by atoms with Gasteiger partial charge in [-0.1, -0.05) is 32.3 Å². The summed E-state index contributed by atoms with van der Waals surface area (Å²) in [5, 5.41) is 3.38. The zero-order valence-electron chi connectivity index (χ0n) is 12.7. The SMILES string of the molecule is CCNCc1ccc2c(c1)nc(C1CCCCC1)n2C. The van der Waals surface area contributed by atoms with E-state index in [1.807, 2.05) is 0 Å². The Morgan fingerprint density at radius 3 is 2.80 bits per heavy atom. The van der Waals surface area contributed by atoms with Crippen LogP contribution in [0.25, 0.3) is 11.0 Å². The van der Waals surface area contributed by atoms with Crippen molar-refractivity contribution in [2.45, 2.75) is 51.5 Å². The summed E-state index contributed by atoms with van der Waals surface area (Å²) in [4.78, 5) is 4.94. The molecule has 0 amide bonds. The molecule has 0 aliphatic heterocycles. The summed E-state index contributed by atoms with van der Waals surface area (Å²) in [5.74, 6) is 1.96. The van der Waals surface area contributed by atoms with E-state index in [0.29, 0.717) is 5.92 Å². The standard InChI is InChI=1S/C17H25N3/c1-3-18-12-13-9-10-16-15(11-13)19-17(20(16)2)14-7-5-4-6-8-14/h9-11,14,18H,3-8,12H2,1-2H3. The summed E-state index contributed by atoms with van der Waals surface area (Å²) >= 11 is 0. The van der Waals surface area contributed by atoms with Gasteiger partial charge in [0.25, 0.3) is 0 Å². The molecule has 0 bridgehead atoms. The Labute approximate surface area is 121 Å². The van der Waals surface area contributed by atoms with Gasteiger partial charge in [-0.05, 0) is 37.1 Å². The average Bonchev–Trinajstić information content (AvgIpc) is 2.83. The molecule has 1 N–H and O–H groups in total. The molecule has 0 unspecified atom stereocenters. The van der Waals surface area contributed by atoms with Gasteiger partial charge < -0.3 is 9.88 Å². The van der Waals surface area contributed by atoms with Crippen LogP contribution in [0.1, 0.15) is 56.3 Å². The molecular weight excluding hydrogens is 246 g/mol. The quantitative estimate of drug-likeness (QED) is 0.918. The molecule has 0 spiro atoms. The van der Waals surface area contributed by atoms with Crippen LogP contribution in [0, 0.1) is 0 Å². The number of aromatic nitrogens is 2. The fourth-order valence-corrected chi connectivity index (χ4v) is 3.37. The van der Waals surface area contributed by atoms with Crippen LogP contribution in [0.2, 0.25) is 0 Å². The molecule has 3 nitrogen and oxygen atoms in total. The third kappa shape index (κ3) is 2.59. The lowest BCUT2D eigenvalue weighted by Crippen LogP contribution is -2.11. The largest absolute Gasteiger partial charge is 0.331 e. The predicted octanol–water partition coefficient (Wildman–Crippen LogP) is 3.73. The summed E-state index contributed by atoms with van der Waals surface area (Å²) in [7, 11) is 2.17. The van der Waals surface area contributed by atoms with Gasteiger partial charge in [-0.15, -0.1) is 0 Å². The van der Waals surface area contributed by atoms with E-state index in [0.717, 1.165) is 18.6 Å². The molecule has 1 aliphatic carbocycles. The first kappa shape index (κ1) is 13.6. The first-order valence-electron chi connectivity index (χ1n) is 7.95. The van der Waals surface area contributed by atoms with E-state index < -0.39 is 0 Å². The minimum atomic E-state index is 0.665. The van der Waals surface area contributed by atoms with Crippen LogP contribution in [-0.4, -0.2) is 16.1 Å². The molecule has 2 aromatic rings. The molecule has 20 heavy (non-hydrogen) atoms. The van der Waals surface area contributed by atoms with Gasteiger partial charge in [0.15, 0.2) is 0 Å². The molecule has 1 aliphatic rings. The van der Waals surface area contributed by atoms with Crippen LogP contribution in [0.4, 0.5) is 0 Å². The van der Waals surface area contributed by atoms with Crippen molar-refractivity contribution in [2.24, 2.45) is 7.05 Å². The highest BCUT2D eigenvalue weighted by Gasteiger charge is 2.21. The number of aryl methyl sites for hydroxylation is 1. The minimum Gasteiger partial charge on any atom is -0.331 e. The van der Waals surface area contributed by atoms with Crippen LogP contribution >= 0.6 is 0 Å². The van der Waals surface area contributed by atoms with Crippen LogP contribution in [0.5, 0.6) is 0 Å². The smallest absolute Gasteiger partial charge is 0.112 e. The molecular formula is C17H25N3. The predicted molar refractivity (Wildman–Crippen MR) is 83.9 cm³/mol. The molecule has 0 atom stereocenters. The highest BCUT2D eigenvalue weighted by atomic mass is 15.1. The number of rotatable bonds is 4. The monoisotopic (exact) mass is 271 g/mol. The molecule has 0 saturated heterocycles. The minimum absolute atomic E-state index is 0.665. The van der Waals surface area contributed by atoms with Gasteiger partial charge in [0, 0.05) is 19.5 Å². The molecule has 1 aromatic heterocycles. The van der Waals surface area contributed by atoms with E-state index in [4.69, 9.17) is 4.98 Å². The van der Waals surface area contributed by atoms with Gasteiger partial charge in [0.2, 0.25) is 0 Å². The summed E-state index contributed by atoms with van der Waals surface area (Å²) in [6.45, 7) is 4.08. The van der Waals surface area contributed by atoms with Gasteiger partial charge >= 0.3 is 0 Å². The van der Waals surface area contributed by atoms with E-state index in [1.54, 1.807) is 0 Å². The Hall–Kier alpha value is -1.35. The van der Waals surface area contributed by atoms with Crippen molar-refractivity contribution in [1.82, 2.24) is 14.9 Å². The maximum Gasteiger partial charge on any atom is 0.112 e. The third-order valence-corrected chi connectivity index (χ3v) is 4.53. The van der Waals surface area contributed by atoms with E-state index in [-0.39, 0.29) is 0 Å². The maximum absolute atomic E-state index is 4.94. The number of hydrogen-bond acceptors (Lipinski definition) is 2. The first-order chi connectivity index (χ1) is 9.79. The van der Waals surface area contributed by atoms with Crippen LogP contribution in [0.15, 0.2) is 18.2 Å². The fourth-order valence-electron chi connectivity index (χ4n) is 3.37. The summed E-state index contributed by atoms with van der Waals surface area (Å²) in [6, 6.07) is 6.68. The summed E-state index contributed by atoms with van der Waals surface area (Å²) in [5.41, 5.74) is 3.75. The highest BCUT2D eigenvalue weighted by Crippen LogP contribution is 2.33. The Balaban J connectivity index is 1.91. The Morgan fingerprint density at radius 2 is 2.05 bits per heavy atom.